The van der Waals surface area contributed by atoms with E-state index in [0.717, 1.165) is 18.2 Å². The van der Waals surface area contributed by atoms with Crippen LogP contribution in [0, 0.1) is 5.82 Å². The van der Waals surface area contributed by atoms with Crippen LogP contribution in [0.1, 0.15) is 15.9 Å². The minimum atomic E-state index is -4.43. The molecule has 6 nitrogen and oxygen atoms in total. The Balaban J connectivity index is 1.51. The number of amides is 1. The van der Waals surface area contributed by atoms with Crippen LogP contribution in [0.15, 0.2) is 42.5 Å². The lowest BCUT2D eigenvalue weighted by molar-refractivity contribution is -0.137. The van der Waals surface area contributed by atoms with E-state index in [9.17, 15) is 27.2 Å². The molecule has 1 aliphatic rings. The van der Waals surface area contributed by atoms with Gasteiger partial charge in [0.15, 0.2) is 18.2 Å². The first kappa shape index (κ1) is 22.4. The largest absolute Gasteiger partial charge is 0.494 e. The molecule has 0 bridgehead atoms. The zero-order valence-corrected chi connectivity index (χ0v) is 16.6. The van der Waals surface area contributed by atoms with Crippen molar-refractivity contribution in [1.82, 2.24) is 4.90 Å². The van der Waals surface area contributed by atoms with Gasteiger partial charge in [0.05, 0.1) is 18.2 Å². The highest BCUT2D eigenvalue weighted by molar-refractivity contribution is 5.91. The Kier molecular flexibility index (Phi) is 6.67. The van der Waals surface area contributed by atoms with Crippen molar-refractivity contribution in [2.24, 2.45) is 0 Å². The maximum atomic E-state index is 13.7. The van der Waals surface area contributed by atoms with Gasteiger partial charge in [-0.3, -0.25) is 4.79 Å². The Hall–Kier alpha value is -3.30. The van der Waals surface area contributed by atoms with Gasteiger partial charge < -0.3 is 19.3 Å². The van der Waals surface area contributed by atoms with Crippen molar-refractivity contribution in [3.8, 4) is 5.75 Å². The van der Waals surface area contributed by atoms with Crippen LogP contribution in [0.2, 0.25) is 0 Å². The molecule has 166 valence electrons. The molecule has 1 aliphatic heterocycles. The van der Waals surface area contributed by atoms with Crippen LogP contribution < -0.4 is 9.64 Å². The summed E-state index contributed by atoms with van der Waals surface area (Å²) >= 11 is 0. The Morgan fingerprint density at radius 1 is 1.03 bits per heavy atom. The summed E-state index contributed by atoms with van der Waals surface area (Å²) in [4.78, 5) is 27.6. The number of hydrogen-bond acceptors (Lipinski definition) is 5. The number of carbonyl (C=O) groups is 2. The van der Waals surface area contributed by atoms with Crippen molar-refractivity contribution < 1.29 is 36.6 Å². The second kappa shape index (κ2) is 9.23. The molecule has 0 aromatic heterocycles. The molecule has 2 aromatic rings. The highest BCUT2D eigenvalue weighted by Crippen LogP contribution is 2.31. The van der Waals surface area contributed by atoms with E-state index in [-0.39, 0.29) is 24.4 Å². The average Bonchev–Trinajstić information content (AvgIpc) is 2.76. The third-order valence-corrected chi connectivity index (χ3v) is 4.89. The normalized spacial score (nSPS) is 14.4. The predicted octanol–water partition coefficient (Wildman–Crippen LogP) is 3.36. The Morgan fingerprint density at radius 2 is 1.74 bits per heavy atom. The van der Waals surface area contributed by atoms with Crippen molar-refractivity contribution in [3.05, 3.63) is 59.4 Å². The first-order valence-electron chi connectivity index (χ1n) is 9.39. The minimum absolute atomic E-state index is 0.0220. The average molecular weight is 440 g/mol. The number of nitrogens with zero attached hydrogens (tertiary/aromatic N) is 2. The minimum Gasteiger partial charge on any atom is -0.494 e. The summed E-state index contributed by atoms with van der Waals surface area (Å²) in [7, 11) is 1.29. The van der Waals surface area contributed by atoms with Crippen LogP contribution >= 0.6 is 0 Å². The Bertz CT molecular complexity index is 957. The molecule has 1 heterocycles. The molecule has 10 heteroatoms. The van der Waals surface area contributed by atoms with Gasteiger partial charge in [0.2, 0.25) is 0 Å². The van der Waals surface area contributed by atoms with Gasteiger partial charge in [-0.2, -0.15) is 13.2 Å². The molecule has 2 aromatic carbocycles. The van der Waals surface area contributed by atoms with Gasteiger partial charge in [-0.25, -0.2) is 9.18 Å². The summed E-state index contributed by atoms with van der Waals surface area (Å²) in [5.74, 6) is -2.04. The fourth-order valence-corrected chi connectivity index (χ4v) is 3.19. The summed E-state index contributed by atoms with van der Waals surface area (Å²) in [6.07, 6.45) is -4.43. The lowest BCUT2D eigenvalue weighted by Gasteiger charge is -2.36. The summed E-state index contributed by atoms with van der Waals surface area (Å²) in [5, 5.41) is 0. The summed E-state index contributed by atoms with van der Waals surface area (Å²) in [5.41, 5.74) is -0.360. The van der Waals surface area contributed by atoms with Crippen molar-refractivity contribution in [1.29, 1.82) is 0 Å². The van der Waals surface area contributed by atoms with Crippen LogP contribution in [0.3, 0.4) is 0 Å². The van der Waals surface area contributed by atoms with Crippen molar-refractivity contribution in [2.45, 2.75) is 6.18 Å². The molecule has 0 unspecified atom stereocenters. The van der Waals surface area contributed by atoms with E-state index in [1.807, 2.05) is 0 Å². The number of hydrogen-bond donors (Lipinski definition) is 0. The van der Waals surface area contributed by atoms with Crippen LogP contribution in [0.4, 0.5) is 23.2 Å². The summed E-state index contributed by atoms with van der Waals surface area (Å²) in [6.45, 7) is 0.693. The second-order valence-electron chi connectivity index (χ2n) is 6.84. The number of piperazine rings is 1. The fraction of sp³-hybridized carbons (Fsp3) is 0.333. The lowest BCUT2D eigenvalue weighted by Crippen LogP contribution is -2.50. The number of halogens is 4. The number of alkyl halides is 3. The maximum absolute atomic E-state index is 13.7. The summed E-state index contributed by atoms with van der Waals surface area (Å²) in [6, 6.07) is 8.57. The van der Waals surface area contributed by atoms with Crippen LogP contribution in [-0.2, 0) is 15.7 Å². The number of rotatable bonds is 5. The van der Waals surface area contributed by atoms with Gasteiger partial charge >= 0.3 is 12.1 Å². The van der Waals surface area contributed by atoms with E-state index >= 15 is 0 Å². The first-order chi connectivity index (χ1) is 14.7. The number of anilines is 1. The van der Waals surface area contributed by atoms with Gasteiger partial charge in [0.1, 0.15) is 0 Å². The molecule has 1 fully saturated rings. The van der Waals surface area contributed by atoms with Crippen LogP contribution in [0.5, 0.6) is 5.75 Å². The van der Waals surface area contributed by atoms with Gasteiger partial charge in [0.25, 0.3) is 5.91 Å². The zero-order chi connectivity index (χ0) is 22.6. The molecule has 1 amide bonds. The van der Waals surface area contributed by atoms with E-state index in [1.54, 1.807) is 11.0 Å². The molecule has 3 rings (SSSR count). The fourth-order valence-electron chi connectivity index (χ4n) is 3.19. The standard InChI is InChI=1S/C21H20F4N2O4/c1-30-18-6-5-14(11-17(18)22)20(29)31-13-19(28)27-9-7-26(8-10-27)16-4-2-3-15(12-16)21(23,24)25/h2-6,11-12H,7-10,13H2,1H3. The monoisotopic (exact) mass is 440 g/mol. The number of benzene rings is 2. The van der Waals surface area contributed by atoms with E-state index in [4.69, 9.17) is 9.47 Å². The van der Waals surface area contributed by atoms with Crippen LogP contribution in [0.25, 0.3) is 0 Å². The van der Waals surface area contributed by atoms with Gasteiger partial charge in [-0.15, -0.1) is 0 Å². The van der Waals surface area contributed by atoms with E-state index in [2.05, 4.69) is 0 Å². The van der Waals surface area contributed by atoms with E-state index in [0.29, 0.717) is 18.8 Å². The topological polar surface area (TPSA) is 59.1 Å². The number of ether oxygens (including phenoxy) is 2. The molecule has 0 saturated carbocycles. The highest BCUT2D eigenvalue weighted by atomic mass is 19.4. The Labute approximate surface area is 175 Å². The van der Waals surface area contributed by atoms with Crippen molar-refractivity contribution in [2.75, 3.05) is 44.8 Å². The number of esters is 1. The van der Waals surface area contributed by atoms with E-state index < -0.39 is 36.0 Å². The van der Waals surface area contributed by atoms with Gasteiger partial charge in [-0.05, 0) is 36.4 Å². The van der Waals surface area contributed by atoms with Crippen molar-refractivity contribution in [3.63, 3.8) is 0 Å². The quantitative estimate of drug-likeness (QED) is 0.527. The molecule has 1 saturated heterocycles. The zero-order valence-electron chi connectivity index (χ0n) is 16.6. The number of methoxy groups -OCH3 is 1. The molecule has 0 aliphatic carbocycles. The molecular weight excluding hydrogens is 420 g/mol. The molecule has 31 heavy (non-hydrogen) atoms. The SMILES string of the molecule is COc1ccc(C(=O)OCC(=O)N2CCN(c3cccc(C(F)(F)F)c3)CC2)cc1F. The molecule has 0 atom stereocenters. The predicted molar refractivity (Wildman–Crippen MR) is 103 cm³/mol. The molecule has 0 spiro atoms. The smallest absolute Gasteiger partial charge is 0.416 e. The lowest BCUT2D eigenvalue weighted by atomic mass is 10.1. The highest BCUT2D eigenvalue weighted by Gasteiger charge is 2.31. The third kappa shape index (κ3) is 5.44. The van der Waals surface area contributed by atoms with Crippen LogP contribution in [-0.4, -0.2) is 56.7 Å². The van der Waals surface area contributed by atoms with Crippen molar-refractivity contribution >= 4 is 17.6 Å². The Morgan fingerprint density at radius 3 is 2.35 bits per heavy atom. The third-order valence-electron chi connectivity index (χ3n) is 4.89. The number of carbonyl (C=O) groups excluding carboxylic acids is 2. The second-order valence-corrected chi connectivity index (χ2v) is 6.84. The van der Waals surface area contributed by atoms with Gasteiger partial charge in [0, 0.05) is 31.9 Å². The first-order valence-corrected chi connectivity index (χ1v) is 9.39. The molecule has 0 radical (unpaired) electrons. The maximum Gasteiger partial charge on any atom is 0.416 e. The van der Waals surface area contributed by atoms with Gasteiger partial charge in [-0.1, -0.05) is 6.07 Å². The molecular formula is C21H20F4N2O4. The molecule has 0 N–H and O–H groups in total. The van der Waals surface area contributed by atoms with E-state index in [1.165, 1.54) is 30.2 Å². The summed E-state index contributed by atoms with van der Waals surface area (Å²) < 4.78 is 62.1.